The van der Waals surface area contributed by atoms with Crippen LogP contribution in [0.3, 0.4) is 0 Å². The summed E-state index contributed by atoms with van der Waals surface area (Å²) in [6.07, 6.45) is 4.69. The maximum absolute atomic E-state index is 13.6. The molecule has 3 aromatic rings. The molecule has 7 heteroatoms. The van der Waals surface area contributed by atoms with Gasteiger partial charge in [0.25, 0.3) is 5.91 Å². The molecular formula is C28H33N5O2. The molecule has 2 unspecified atom stereocenters. The highest BCUT2D eigenvalue weighted by Crippen LogP contribution is 2.26. The van der Waals surface area contributed by atoms with Crippen molar-refractivity contribution < 1.29 is 9.59 Å². The fourth-order valence-corrected chi connectivity index (χ4v) is 5.45. The van der Waals surface area contributed by atoms with E-state index in [2.05, 4.69) is 23.7 Å². The molecule has 0 N–H and O–H groups in total. The molecule has 2 aliphatic rings. The summed E-state index contributed by atoms with van der Waals surface area (Å²) >= 11 is 0. The molecule has 0 radical (unpaired) electrons. The summed E-state index contributed by atoms with van der Waals surface area (Å²) in [5, 5.41) is 0.857. The van der Waals surface area contributed by atoms with Crippen molar-refractivity contribution in [2.45, 2.75) is 20.3 Å². The normalized spacial score (nSPS) is 21.3. The Balaban J connectivity index is 1.28. The third-order valence-electron chi connectivity index (χ3n) is 7.14. The lowest BCUT2D eigenvalue weighted by atomic mass is 9.92. The zero-order chi connectivity index (χ0) is 24.4. The average molecular weight is 472 g/mol. The summed E-state index contributed by atoms with van der Waals surface area (Å²) in [6.45, 7) is 9.22. The van der Waals surface area contributed by atoms with E-state index in [1.54, 1.807) is 12.4 Å². The van der Waals surface area contributed by atoms with E-state index in [4.69, 9.17) is 4.98 Å². The van der Waals surface area contributed by atoms with E-state index < -0.39 is 0 Å². The lowest BCUT2D eigenvalue weighted by Crippen LogP contribution is -2.53. The molecule has 2 aromatic heterocycles. The molecule has 5 rings (SSSR count). The number of fused-ring (bicyclic) bond motifs is 1. The van der Waals surface area contributed by atoms with Crippen molar-refractivity contribution in [1.82, 2.24) is 24.7 Å². The number of amides is 2. The van der Waals surface area contributed by atoms with Crippen molar-refractivity contribution in [3.63, 3.8) is 0 Å². The van der Waals surface area contributed by atoms with E-state index >= 15 is 0 Å². The zero-order valence-corrected chi connectivity index (χ0v) is 20.6. The number of pyridine rings is 2. The smallest absolute Gasteiger partial charge is 0.254 e. The molecule has 2 atom stereocenters. The Kier molecular flexibility index (Phi) is 6.77. The van der Waals surface area contributed by atoms with Gasteiger partial charge < -0.3 is 9.80 Å². The minimum absolute atomic E-state index is 0.0124. The molecule has 0 aliphatic carbocycles. The van der Waals surface area contributed by atoms with Crippen molar-refractivity contribution in [2.75, 3.05) is 45.8 Å². The molecular weight excluding hydrogens is 438 g/mol. The van der Waals surface area contributed by atoms with E-state index in [9.17, 15) is 9.59 Å². The standard InChI is InChI=1S/C28H33N5O2/c1-20-14-21(2)18-33(17-20)27(34)19-31-10-12-32(13-11-31)28(35)24-15-26(22-6-5-9-29-16-22)30-25-8-4-3-7-23(24)25/h3-9,15-16,20-21H,10-14,17-19H2,1-2H3. The van der Waals surface area contributed by atoms with Crippen molar-refractivity contribution in [3.05, 3.63) is 60.4 Å². The van der Waals surface area contributed by atoms with Crippen LogP contribution >= 0.6 is 0 Å². The summed E-state index contributed by atoms with van der Waals surface area (Å²) in [6, 6.07) is 13.5. The predicted octanol–water partition coefficient (Wildman–Crippen LogP) is 3.56. The fourth-order valence-electron chi connectivity index (χ4n) is 5.45. The maximum Gasteiger partial charge on any atom is 0.254 e. The highest BCUT2D eigenvalue weighted by molar-refractivity contribution is 6.07. The van der Waals surface area contributed by atoms with Gasteiger partial charge >= 0.3 is 0 Å². The number of rotatable bonds is 4. The summed E-state index contributed by atoms with van der Waals surface area (Å²) in [5.41, 5.74) is 3.09. The summed E-state index contributed by atoms with van der Waals surface area (Å²) in [5.74, 6) is 1.34. The molecule has 2 aliphatic heterocycles. The lowest BCUT2D eigenvalue weighted by Gasteiger charge is -2.38. The number of piperidine rings is 1. The van der Waals surface area contributed by atoms with E-state index in [0.717, 1.165) is 35.2 Å². The highest BCUT2D eigenvalue weighted by Gasteiger charge is 2.29. The molecule has 182 valence electrons. The molecule has 7 nitrogen and oxygen atoms in total. The number of carbonyl (C=O) groups excluding carboxylic acids is 2. The number of carbonyl (C=O) groups is 2. The van der Waals surface area contributed by atoms with Gasteiger partial charge in [0.15, 0.2) is 0 Å². The molecule has 0 saturated carbocycles. The van der Waals surface area contributed by atoms with Crippen LogP contribution in [0.1, 0.15) is 30.6 Å². The molecule has 0 spiro atoms. The SMILES string of the molecule is CC1CC(C)CN(C(=O)CN2CCN(C(=O)c3cc(-c4cccnc4)nc4ccccc34)CC2)C1. The third-order valence-corrected chi connectivity index (χ3v) is 7.14. The van der Waals surface area contributed by atoms with Crippen LogP contribution in [-0.4, -0.2) is 82.3 Å². The van der Waals surface area contributed by atoms with Crippen molar-refractivity contribution >= 4 is 22.7 Å². The van der Waals surface area contributed by atoms with Crippen LogP contribution in [0.2, 0.25) is 0 Å². The van der Waals surface area contributed by atoms with Gasteiger partial charge in [-0.3, -0.25) is 19.5 Å². The summed E-state index contributed by atoms with van der Waals surface area (Å²) in [7, 11) is 0. The number of para-hydroxylation sites is 1. The van der Waals surface area contributed by atoms with Crippen molar-refractivity contribution in [1.29, 1.82) is 0 Å². The van der Waals surface area contributed by atoms with Gasteiger partial charge in [0.05, 0.1) is 23.3 Å². The van der Waals surface area contributed by atoms with E-state index in [-0.39, 0.29) is 11.8 Å². The Morgan fingerprint density at radius 1 is 0.943 bits per heavy atom. The minimum atomic E-state index is 0.0124. The van der Waals surface area contributed by atoms with E-state index in [0.29, 0.717) is 50.1 Å². The highest BCUT2D eigenvalue weighted by atomic mass is 16.2. The number of piperazine rings is 1. The lowest BCUT2D eigenvalue weighted by molar-refractivity contribution is -0.135. The first-order valence-electron chi connectivity index (χ1n) is 12.6. The van der Waals surface area contributed by atoms with Crippen molar-refractivity contribution in [2.24, 2.45) is 11.8 Å². The molecule has 2 saturated heterocycles. The van der Waals surface area contributed by atoms with Gasteiger partial charge in [-0.1, -0.05) is 32.0 Å². The van der Waals surface area contributed by atoms with Gasteiger partial charge in [-0.05, 0) is 42.5 Å². The van der Waals surface area contributed by atoms with Crippen LogP contribution < -0.4 is 0 Å². The Bertz CT molecular complexity index is 1200. The Labute approximate surface area is 206 Å². The van der Waals surface area contributed by atoms with Gasteiger partial charge in [0.1, 0.15) is 0 Å². The number of likely N-dealkylation sites (tertiary alicyclic amines) is 1. The van der Waals surface area contributed by atoms with Gasteiger partial charge in [0.2, 0.25) is 5.91 Å². The quantitative estimate of drug-likeness (QED) is 0.582. The third kappa shape index (κ3) is 5.20. The molecule has 0 bridgehead atoms. The first-order valence-corrected chi connectivity index (χ1v) is 12.6. The van der Waals surface area contributed by atoms with Crippen LogP contribution in [0, 0.1) is 11.8 Å². The number of aromatic nitrogens is 2. The second kappa shape index (κ2) is 10.1. The van der Waals surface area contributed by atoms with Crippen LogP contribution in [0.25, 0.3) is 22.2 Å². The Morgan fingerprint density at radius 2 is 1.69 bits per heavy atom. The van der Waals surface area contributed by atoms with E-state index in [1.165, 1.54) is 6.42 Å². The van der Waals surface area contributed by atoms with Crippen LogP contribution in [0.4, 0.5) is 0 Å². The van der Waals surface area contributed by atoms with E-state index in [1.807, 2.05) is 52.3 Å². The van der Waals surface area contributed by atoms with Crippen LogP contribution in [-0.2, 0) is 4.79 Å². The average Bonchev–Trinajstić information content (AvgIpc) is 2.88. The van der Waals surface area contributed by atoms with Gasteiger partial charge in [-0.2, -0.15) is 0 Å². The zero-order valence-electron chi connectivity index (χ0n) is 20.6. The Morgan fingerprint density at radius 3 is 2.40 bits per heavy atom. The van der Waals surface area contributed by atoms with Crippen molar-refractivity contribution in [3.8, 4) is 11.3 Å². The number of benzene rings is 1. The second-order valence-electron chi connectivity index (χ2n) is 10.1. The first-order chi connectivity index (χ1) is 17.0. The first kappa shape index (κ1) is 23.4. The monoisotopic (exact) mass is 471 g/mol. The summed E-state index contributed by atoms with van der Waals surface area (Å²) in [4.78, 5) is 41.6. The van der Waals surface area contributed by atoms with Gasteiger partial charge in [0, 0.05) is 62.6 Å². The van der Waals surface area contributed by atoms with Gasteiger partial charge in [-0.25, -0.2) is 4.98 Å². The number of hydrogen-bond acceptors (Lipinski definition) is 5. The molecule has 2 amide bonds. The number of hydrogen-bond donors (Lipinski definition) is 0. The van der Waals surface area contributed by atoms with Crippen LogP contribution in [0.15, 0.2) is 54.9 Å². The summed E-state index contributed by atoms with van der Waals surface area (Å²) < 4.78 is 0. The number of nitrogens with zero attached hydrogens (tertiary/aromatic N) is 5. The maximum atomic E-state index is 13.6. The molecule has 2 fully saturated rings. The predicted molar refractivity (Wildman–Crippen MR) is 137 cm³/mol. The molecule has 1 aromatic carbocycles. The Hall–Kier alpha value is -3.32. The largest absolute Gasteiger partial charge is 0.341 e. The van der Waals surface area contributed by atoms with Gasteiger partial charge in [-0.15, -0.1) is 0 Å². The van der Waals surface area contributed by atoms with Crippen LogP contribution in [0.5, 0.6) is 0 Å². The molecule has 35 heavy (non-hydrogen) atoms. The minimum Gasteiger partial charge on any atom is -0.341 e. The topological polar surface area (TPSA) is 69.6 Å². The second-order valence-corrected chi connectivity index (χ2v) is 10.1. The molecule has 4 heterocycles. The fraction of sp³-hybridized carbons (Fsp3) is 0.429.